The van der Waals surface area contributed by atoms with Crippen molar-refractivity contribution in [2.75, 3.05) is 7.11 Å². The first-order chi connectivity index (χ1) is 10.3. The zero-order chi connectivity index (χ0) is 14.2. The molecule has 0 saturated heterocycles. The van der Waals surface area contributed by atoms with E-state index in [-0.39, 0.29) is 0 Å². The van der Waals surface area contributed by atoms with E-state index in [0.29, 0.717) is 0 Å². The number of fused-ring (bicyclic) bond motifs is 1. The lowest BCUT2D eigenvalue weighted by molar-refractivity contribution is 0.415. The highest BCUT2D eigenvalue weighted by atomic mass is 16.5. The number of ether oxygens (including phenoxy) is 1. The molecule has 0 aromatic heterocycles. The van der Waals surface area contributed by atoms with Gasteiger partial charge in [0.15, 0.2) is 0 Å². The van der Waals surface area contributed by atoms with E-state index in [1.165, 1.54) is 42.0 Å². The first-order valence-electron chi connectivity index (χ1n) is 8.13. The maximum absolute atomic E-state index is 5.29. The normalized spacial score (nSPS) is 18.4. The van der Waals surface area contributed by atoms with Crippen molar-refractivity contribution in [2.24, 2.45) is 11.8 Å². The summed E-state index contributed by atoms with van der Waals surface area (Å²) in [5.74, 6) is 2.85. The molecule has 4 rings (SSSR count). The van der Waals surface area contributed by atoms with Crippen molar-refractivity contribution in [3.63, 3.8) is 0 Å². The highest BCUT2D eigenvalue weighted by Gasteiger charge is 2.40. The molecular weight excluding hydrogens is 258 g/mol. The van der Waals surface area contributed by atoms with Crippen LogP contribution in [0.3, 0.4) is 0 Å². The van der Waals surface area contributed by atoms with Gasteiger partial charge in [-0.3, -0.25) is 0 Å². The predicted octanol–water partition coefficient (Wildman–Crippen LogP) is 4.13. The van der Waals surface area contributed by atoms with Gasteiger partial charge >= 0.3 is 0 Å². The summed E-state index contributed by atoms with van der Waals surface area (Å²) in [4.78, 5) is 0. The summed E-state index contributed by atoms with van der Waals surface area (Å²) in [6, 6.07) is 13.8. The Bertz CT molecular complexity index is 631. The monoisotopic (exact) mass is 281 g/mol. The van der Waals surface area contributed by atoms with E-state index < -0.39 is 0 Å². The molecule has 0 radical (unpaired) electrons. The van der Waals surface area contributed by atoms with E-state index in [0.717, 1.165) is 30.2 Å². The second kappa shape index (κ2) is 5.34. The molecule has 0 amide bonds. The van der Waals surface area contributed by atoms with Gasteiger partial charge < -0.3 is 10.1 Å². The summed E-state index contributed by atoms with van der Waals surface area (Å²) >= 11 is 0. The fourth-order valence-electron chi connectivity index (χ4n) is 3.37. The van der Waals surface area contributed by atoms with Gasteiger partial charge in [0.05, 0.1) is 7.11 Å². The van der Waals surface area contributed by atoms with E-state index in [1.54, 1.807) is 7.11 Å². The molecule has 21 heavy (non-hydrogen) atoms. The molecule has 2 aromatic carbocycles. The zero-order valence-corrected chi connectivity index (χ0v) is 12.6. The molecule has 2 heteroatoms. The van der Waals surface area contributed by atoms with E-state index in [1.807, 2.05) is 6.07 Å². The average molecular weight is 281 g/mol. The lowest BCUT2D eigenvalue weighted by Crippen LogP contribution is -2.32. The van der Waals surface area contributed by atoms with Crippen molar-refractivity contribution in [1.82, 2.24) is 5.32 Å². The minimum absolute atomic E-state index is 0.775. The van der Waals surface area contributed by atoms with Crippen molar-refractivity contribution < 1.29 is 4.74 Å². The molecule has 2 saturated carbocycles. The van der Waals surface area contributed by atoms with Crippen molar-refractivity contribution in [3.05, 3.63) is 42.0 Å². The molecular formula is C19H23NO. The Labute approximate surface area is 126 Å². The lowest BCUT2D eigenvalue weighted by Gasteiger charge is -2.18. The van der Waals surface area contributed by atoms with Crippen LogP contribution < -0.4 is 10.1 Å². The topological polar surface area (TPSA) is 21.3 Å². The molecule has 2 aliphatic carbocycles. The standard InChI is InChI=1S/C19H23NO/c1-21-18-9-8-16-10-13(2-3-17(16)11-18)12-20-19(14-4-5-14)15-6-7-15/h2-3,8-11,14-15,19-20H,4-7,12H2,1H3. The van der Waals surface area contributed by atoms with Crippen LogP contribution in [0, 0.1) is 11.8 Å². The number of hydrogen-bond acceptors (Lipinski definition) is 2. The van der Waals surface area contributed by atoms with E-state index in [4.69, 9.17) is 4.74 Å². The van der Waals surface area contributed by atoms with Gasteiger partial charge in [-0.1, -0.05) is 18.2 Å². The molecule has 0 atom stereocenters. The molecule has 0 aliphatic heterocycles. The molecule has 110 valence electrons. The Morgan fingerprint density at radius 1 is 1.00 bits per heavy atom. The summed E-state index contributed by atoms with van der Waals surface area (Å²) in [7, 11) is 1.72. The van der Waals surface area contributed by atoms with Crippen molar-refractivity contribution >= 4 is 10.8 Å². The van der Waals surface area contributed by atoms with E-state index >= 15 is 0 Å². The third-order valence-electron chi connectivity index (χ3n) is 4.91. The summed E-state index contributed by atoms with van der Waals surface area (Å²) in [5.41, 5.74) is 1.39. The molecule has 0 heterocycles. The number of hydrogen-bond donors (Lipinski definition) is 1. The summed E-state index contributed by atoms with van der Waals surface area (Å²) in [6.07, 6.45) is 5.74. The van der Waals surface area contributed by atoms with Crippen LogP contribution in [0.15, 0.2) is 36.4 Å². The molecule has 0 spiro atoms. The van der Waals surface area contributed by atoms with Crippen LogP contribution in [-0.4, -0.2) is 13.2 Å². The third kappa shape index (κ3) is 2.91. The molecule has 0 unspecified atom stereocenters. The largest absolute Gasteiger partial charge is 0.497 e. The van der Waals surface area contributed by atoms with Gasteiger partial charge in [0, 0.05) is 12.6 Å². The predicted molar refractivity (Wildman–Crippen MR) is 86.6 cm³/mol. The summed E-state index contributed by atoms with van der Waals surface area (Å²) in [5, 5.41) is 6.37. The molecule has 0 bridgehead atoms. The van der Waals surface area contributed by atoms with Crippen LogP contribution in [0.25, 0.3) is 10.8 Å². The SMILES string of the molecule is COc1ccc2cc(CNC(C3CC3)C3CC3)ccc2c1. The Kier molecular flexibility index (Phi) is 3.34. The maximum Gasteiger partial charge on any atom is 0.119 e. The van der Waals surface area contributed by atoms with Gasteiger partial charge in [0.25, 0.3) is 0 Å². The minimum atomic E-state index is 0.775. The van der Waals surface area contributed by atoms with Crippen molar-refractivity contribution in [2.45, 2.75) is 38.3 Å². The first kappa shape index (κ1) is 13.1. The number of nitrogens with one attached hydrogen (secondary N) is 1. The number of methoxy groups -OCH3 is 1. The van der Waals surface area contributed by atoms with Gasteiger partial charge in [-0.2, -0.15) is 0 Å². The fraction of sp³-hybridized carbons (Fsp3) is 0.474. The van der Waals surface area contributed by atoms with E-state index in [2.05, 4.69) is 35.6 Å². The molecule has 2 nitrogen and oxygen atoms in total. The zero-order valence-electron chi connectivity index (χ0n) is 12.6. The Morgan fingerprint density at radius 2 is 1.67 bits per heavy atom. The maximum atomic E-state index is 5.29. The highest BCUT2D eigenvalue weighted by Crippen LogP contribution is 2.44. The quantitative estimate of drug-likeness (QED) is 0.859. The average Bonchev–Trinajstić information content (AvgIpc) is 3.39. The second-order valence-corrected chi connectivity index (χ2v) is 6.63. The molecule has 2 aromatic rings. The van der Waals surface area contributed by atoms with Crippen LogP contribution in [0.4, 0.5) is 0 Å². The third-order valence-corrected chi connectivity index (χ3v) is 4.91. The first-order valence-corrected chi connectivity index (χ1v) is 8.13. The van der Waals surface area contributed by atoms with Crippen LogP contribution in [0.5, 0.6) is 5.75 Å². The smallest absolute Gasteiger partial charge is 0.119 e. The van der Waals surface area contributed by atoms with Crippen molar-refractivity contribution in [1.29, 1.82) is 0 Å². The van der Waals surface area contributed by atoms with Crippen LogP contribution in [-0.2, 0) is 6.54 Å². The Hall–Kier alpha value is -1.54. The fourth-order valence-corrected chi connectivity index (χ4v) is 3.37. The van der Waals surface area contributed by atoms with Crippen LogP contribution >= 0.6 is 0 Å². The Balaban J connectivity index is 1.48. The summed E-state index contributed by atoms with van der Waals surface area (Å²) in [6.45, 7) is 1.000. The second-order valence-electron chi connectivity index (χ2n) is 6.63. The minimum Gasteiger partial charge on any atom is -0.497 e. The van der Waals surface area contributed by atoms with Gasteiger partial charge in [-0.25, -0.2) is 0 Å². The van der Waals surface area contributed by atoms with Gasteiger partial charge in [0.1, 0.15) is 5.75 Å². The van der Waals surface area contributed by atoms with E-state index in [9.17, 15) is 0 Å². The van der Waals surface area contributed by atoms with Gasteiger partial charge in [-0.05, 0) is 72.1 Å². The van der Waals surface area contributed by atoms with Crippen LogP contribution in [0.1, 0.15) is 31.2 Å². The molecule has 2 aliphatic rings. The van der Waals surface area contributed by atoms with Gasteiger partial charge in [-0.15, -0.1) is 0 Å². The van der Waals surface area contributed by atoms with Crippen LogP contribution in [0.2, 0.25) is 0 Å². The van der Waals surface area contributed by atoms with Gasteiger partial charge in [0.2, 0.25) is 0 Å². The lowest BCUT2D eigenvalue weighted by atomic mass is 10.0. The molecule has 1 N–H and O–H groups in total. The number of benzene rings is 2. The number of rotatable bonds is 6. The van der Waals surface area contributed by atoms with Crippen molar-refractivity contribution in [3.8, 4) is 5.75 Å². The summed E-state index contributed by atoms with van der Waals surface area (Å²) < 4.78 is 5.29. The molecule has 2 fully saturated rings. The Morgan fingerprint density at radius 3 is 2.33 bits per heavy atom. The highest BCUT2D eigenvalue weighted by molar-refractivity contribution is 5.84.